The van der Waals surface area contributed by atoms with Crippen molar-refractivity contribution < 1.29 is 0 Å². The first-order valence-electron chi connectivity index (χ1n) is 6.82. The summed E-state index contributed by atoms with van der Waals surface area (Å²) >= 11 is 0. The average Bonchev–Trinajstić information content (AvgIpc) is 2.38. The second-order valence-corrected chi connectivity index (χ2v) is 5.64. The van der Waals surface area contributed by atoms with Crippen LogP contribution >= 0.6 is 0 Å². The van der Waals surface area contributed by atoms with Gasteiger partial charge in [0.15, 0.2) is 0 Å². The molecule has 0 aromatic carbocycles. The average molecular weight is 266 g/mol. The van der Waals surface area contributed by atoms with Gasteiger partial charge in [-0.05, 0) is 18.3 Å². The first kappa shape index (κ1) is 13.8. The van der Waals surface area contributed by atoms with Crippen molar-refractivity contribution in [3.05, 3.63) is 20.8 Å². The fourth-order valence-corrected chi connectivity index (χ4v) is 2.75. The number of nitrogens with zero attached hydrogens (tertiary/aromatic N) is 3. The third-order valence-electron chi connectivity index (χ3n) is 4.35. The molecule has 0 amide bonds. The lowest BCUT2D eigenvalue weighted by atomic mass is 9.78. The smallest absolute Gasteiger partial charge is 0.346 e. The molecule has 2 rings (SSSR count). The Labute approximate surface area is 112 Å². The zero-order valence-corrected chi connectivity index (χ0v) is 12.0. The number of rotatable bonds is 2. The highest BCUT2D eigenvalue weighted by Gasteiger charge is 2.28. The van der Waals surface area contributed by atoms with E-state index in [1.807, 2.05) is 0 Å². The SMILES string of the molecule is CC1CCCC(Nc2nn(C)c(=O)n(C)c2=O)C1C. The van der Waals surface area contributed by atoms with Gasteiger partial charge in [0, 0.05) is 20.1 Å². The van der Waals surface area contributed by atoms with Gasteiger partial charge in [0.2, 0.25) is 5.82 Å². The second-order valence-electron chi connectivity index (χ2n) is 5.64. The van der Waals surface area contributed by atoms with Crippen LogP contribution in [0.1, 0.15) is 33.1 Å². The number of aryl methyl sites for hydroxylation is 1. The van der Waals surface area contributed by atoms with Crippen LogP contribution < -0.4 is 16.6 Å². The second kappa shape index (κ2) is 5.19. The lowest BCUT2D eigenvalue weighted by Gasteiger charge is -2.34. The topological polar surface area (TPSA) is 68.9 Å². The van der Waals surface area contributed by atoms with Gasteiger partial charge in [-0.2, -0.15) is 0 Å². The number of nitrogens with one attached hydrogen (secondary N) is 1. The summed E-state index contributed by atoms with van der Waals surface area (Å²) in [6, 6.07) is 0.251. The molecule has 6 heteroatoms. The Morgan fingerprint density at radius 2 is 1.89 bits per heavy atom. The van der Waals surface area contributed by atoms with Crippen LogP contribution in [0.5, 0.6) is 0 Å². The van der Waals surface area contributed by atoms with Crippen LogP contribution in [-0.4, -0.2) is 20.4 Å². The fourth-order valence-electron chi connectivity index (χ4n) is 2.75. The summed E-state index contributed by atoms with van der Waals surface area (Å²) in [5.74, 6) is 1.41. The molecule has 0 aliphatic heterocycles. The van der Waals surface area contributed by atoms with Crippen LogP contribution in [0.2, 0.25) is 0 Å². The standard InChI is InChI=1S/C13H22N4O2/c1-8-6-5-7-10(9(8)2)14-11-12(18)16(3)13(19)17(4)15-11/h8-10H,5-7H2,1-4H3,(H,14,15). The van der Waals surface area contributed by atoms with Crippen molar-refractivity contribution >= 4 is 5.82 Å². The Kier molecular flexibility index (Phi) is 3.78. The highest BCUT2D eigenvalue weighted by molar-refractivity contribution is 5.31. The van der Waals surface area contributed by atoms with Crippen molar-refractivity contribution in [2.45, 2.75) is 39.2 Å². The van der Waals surface area contributed by atoms with Gasteiger partial charge in [0.25, 0.3) is 5.56 Å². The summed E-state index contributed by atoms with van der Waals surface area (Å²) in [6.45, 7) is 4.44. The molecule has 1 aromatic heterocycles. The van der Waals surface area contributed by atoms with Crippen LogP contribution in [0.3, 0.4) is 0 Å². The van der Waals surface area contributed by atoms with Gasteiger partial charge >= 0.3 is 5.69 Å². The third kappa shape index (κ3) is 2.57. The van der Waals surface area contributed by atoms with Gasteiger partial charge < -0.3 is 5.32 Å². The summed E-state index contributed by atoms with van der Waals surface area (Å²) in [7, 11) is 3.03. The van der Waals surface area contributed by atoms with E-state index >= 15 is 0 Å². The van der Waals surface area contributed by atoms with E-state index in [4.69, 9.17) is 0 Å². The minimum Gasteiger partial charge on any atom is -0.361 e. The van der Waals surface area contributed by atoms with Gasteiger partial charge in [-0.3, -0.25) is 9.36 Å². The predicted molar refractivity (Wildman–Crippen MR) is 74.3 cm³/mol. The maximum atomic E-state index is 12.0. The Balaban J connectivity index is 2.29. The van der Waals surface area contributed by atoms with Crippen molar-refractivity contribution in [1.82, 2.24) is 14.3 Å². The number of anilines is 1. The number of aromatic nitrogens is 3. The van der Waals surface area contributed by atoms with Crippen molar-refractivity contribution in [2.75, 3.05) is 5.32 Å². The van der Waals surface area contributed by atoms with Crippen molar-refractivity contribution in [3.8, 4) is 0 Å². The molecule has 3 atom stereocenters. The van der Waals surface area contributed by atoms with E-state index in [1.54, 1.807) is 7.05 Å². The molecule has 1 fully saturated rings. The van der Waals surface area contributed by atoms with E-state index in [2.05, 4.69) is 24.3 Å². The monoisotopic (exact) mass is 266 g/mol. The fraction of sp³-hybridized carbons (Fsp3) is 0.769. The molecular weight excluding hydrogens is 244 g/mol. The molecule has 6 nitrogen and oxygen atoms in total. The maximum Gasteiger partial charge on any atom is 0.346 e. The summed E-state index contributed by atoms with van der Waals surface area (Å²) in [6.07, 6.45) is 3.44. The Morgan fingerprint density at radius 1 is 1.21 bits per heavy atom. The molecule has 1 aliphatic rings. The molecule has 106 valence electrons. The molecule has 1 aliphatic carbocycles. The van der Waals surface area contributed by atoms with Gasteiger partial charge in [-0.25, -0.2) is 9.48 Å². The normalized spacial score (nSPS) is 27.3. The molecule has 0 saturated heterocycles. The van der Waals surface area contributed by atoms with Gasteiger partial charge in [0.05, 0.1) is 0 Å². The molecule has 0 spiro atoms. The molecule has 0 bridgehead atoms. The largest absolute Gasteiger partial charge is 0.361 e. The van der Waals surface area contributed by atoms with Gasteiger partial charge in [-0.15, -0.1) is 5.10 Å². The lowest BCUT2D eigenvalue weighted by Crippen LogP contribution is -2.43. The molecule has 19 heavy (non-hydrogen) atoms. The quantitative estimate of drug-likeness (QED) is 0.856. The Hall–Kier alpha value is -1.59. The summed E-state index contributed by atoms with van der Waals surface area (Å²) in [5.41, 5.74) is -0.755. The number of hydrogen-bond donors (Lipinski definition) is 1. The minimum atomic E-state index is -0.402. The highest BCUT2D eigenvalue weighted by atomic mass is 16.2. The zero-order chi connectivity index (χ0) is 14.2. The predicted octanol–water partition coefficient (Wildman–Crippen LogP) is 0.716. The van der Waals surface area contributed by atoms with Crippen molar-refractivity contribution in [2.24, 2.45) is 25.9 Å². The molecule has 0 radical (unpaired) electrons. The molecule has 1 saturated carbocycles. The Bertz CT molecular complexity index is 575. The van der Waals surface area contributed by atoms with E-state index in [-0.39, 0.29) is 17.4 Å². The van der Waals surface area contributed by atoms with Crippen molar-refractivity contribution in [3.63, 3.8) is 0 Å². The van der Waals surface area contributed by atoms with E-state index in [1.165, 1.54) is 18.2 Å². The molecule has 1 aromatic rings. The minimum absolute atomic E-state index is 0.251. The maximum absolute atomic E-state index is 12.0. The lowest BCUT2D eigenvalue weighted by molar-refractivity contribution is 0.252. The van der Waals surface area contributed by atoms with Gasteiger partial charge in [-0.1, -0.05) is 26.7 Å². The summed E-state index contributed by atoms with van der Waals surface area (Å²) in [4.78, 5) is 23.6. The highest BCUT2D eigenvalue weighted by Crippen LogP contribution is 2.30. The van der Waals surface area contributed by atoms with Crippen LogP contribution in [-0.2, 0) is 14.1 Å². The molecule has 1 heterocycles. The number of hydrogen-bond acceptors (Lipinski definition) is 4. The van der Waals surface area contributed by atoms with Crippen LogP contribution in [0, 0.1) is 11.8 Å². The first-order valence-corrected chi connectivity index (χ1v) is 6.82. The van der Waals surface area contributed by atoms with Gasteiger partial charge in [0.1, 0.15) is 0 Å². The molecule has 1 N–H and O–H groups in total. The van der Waals surface area contributed by atoms with Crippen molar-refractivity contribution in [1.29, 1.82) is 0 Å². The Morgan fingerprint density at radius 3 is 2.58 bits per heavy atom. The third-order valence-corrected chi connectivity index (χ3v) is 4.35. The first-order chi connectivity index (χ1) is 8.91. The molecule has 3 unspecified atom stereocenters. The van der Waals surface area contributed by atoms with Crippen LogP contribution in [0.25, 0.3) is 0 Å². The zero-order valence-electron chi connectivity index (χ0n) is 12.0. The summed E-state index contributed by atoms with van der Waals surface area (Å²) in [5, 5.41) is 7.28. The van der Waals surface area contributed by atoms with E-state index in [0.29, 0.717) is 11.8 Å². The van der Waals surface area contributed by atoms with E-state index < -0.39 is 5.69 Å². The summed E-state index contributed by atoms with van der Waals surface area (Å²) < 4.78 is 2.28. The van der Waals surface area contributed by atoms with E-state index in [0.717, 1.165) is 17.4 Å². The molecular formula is C13H22N4O2. The van der Waals surface area contributed by atoms with E-state index in [9.17, 15) is 9.59 Å². The van der Waals surface area contributed by atoms with Crippen LogP contribution in [0.15, 0.2) is 9.59 Å². The van der Waals surface area contributed by atoms with Crippen LogP contribution in [0.4, 0.5) is 5.82 Å².